The van der Waals surface area contributed by atoms with Crippen molar-refractivity contribution >= 4 is 17.9 Å². The first-order valence-electron chi connectivity index (χ1n) is 26.8. The standard InChI is InChI=1S/C55H102O6/c1-4-7-10-13-15-17-19-20-21-22-23-24-25-26-27-28-29-30-31-32-33-34-36-37-39-42-45-48-54(57)60-51-52(50-59-53(56)47-44-41-12-9-6-3)61-55(58)49-46-43-40-38-35-18-16-14-11-8-5-2/h14,16,22-23,52H,4-13,15,17-21,24-51H2,1-3H3/b16-14-,23-22-. The van der Waals surface area contributed by atoms with E-state index in [1.807, 2.05) is 0 Å². The van der Waals surface area contributed by atoms with Crippen molar-refractivity contribution in [2.75, 3.05) is 13.2 Å². The van der Waals surface area contributed by atoms with Crippen LogP contribution in [0.4, 0.5) is 0 Å². The van der Waals surface area contributed by atoms with Crippen molar-refractivity contribution in [2.24, 2.45) is 0 Å². The number of hydrogen-bond acceptors (Lipinski definition) is 6. The molecule has 1 atom stereocenters. The summed E-state index contributed by atoms with van der Waals surface area (Å²) in [6.45, 7) is 6.53. The van der Waals surface area contributed by atoms with Crippen molar-refractivity contribution in [2.45, 2.75) is 297 Å². The monoisotopic (exact) mass is 859 g/mol. The molecule has 0 aliphatic rings. The zero-order valence-electron chi connectivity index (χ0n) is 40.9. The lowest BCUT2D eigenvalue weighted by Gasteiger charge is -2.18. The molecule has 6 heteroatoms. The molecule has 0 aliphatic carbocycles. The summed E-state index contributed by atoms with van der Waals surface area (Å²) in [6, 6.07) is 0. The van der Waals surface area contributed by atoms with Crippen LogP contribution in [0.2, 0.25) is 0 Å². The lowest BCUT2D eigenvalue weighted by Crippen LogP contribution is -2.30. The van der Waals surface area contributed by atoms with E-state index in [9.17, 15) is 14.4 Å². The van der Waals surface area contributed by atoms with Crippen LogP contribution in [-0.2, 0) is 28.6 Å². The Morgan fingerprint density at radius 1 is 0.311 bits per heavy atom. The molecule has 358 valence electrons. The zero-order valence-corrected chi connectivity index (χ0v) is 40.9. The molecule has 0 rings (SSSR count). The van der Waals surface area contributed by atoms with Crippen molar-refractivity contribution in [1.82, 2.24) is 0 Å². The molecule has 0 aromatic heterocycles. The second-order valence-electron chi connectivity index (χ2n) is 18.1. The van der Waals surface area contributed by atoms with Gasteiger partial charge in [-0.05, 0) is 64.2 Å². The maximum absolute atomic E-state index is 12.7. The topological polar surface area (TPSA) is 78.9 Å². The second kappa shape index (κ2) is 50.5. The van der Waals surface area contributed by atoms with Gasteiger partial charge >= 0.3 is 17.9 Å². The fourth-order valence-electron chi connectivity index (χ4n) is 7.83. The quantitative estimate of drug-likeness (QED) is 0.0262. The molecule has 0 saturated heterocycles. The first-order chi connectivity index (χ1) is 30.0. The lowest BCUT2D eigenvalue weighted by molar-refractivity contribution is -0.167. The maximum Gasteiger partial charge on any atom is 0.306 e. The number of hydrogen-bond donors (Lipinski definition) is 0. The summed E-state index contributed by atoms with van der Waals surface area (Å²) in [5.41, 5.74) is 0. The van der Waals surface area contributed by atoms with Crippen LogP contribution in [-0.4, -0.2) is 37.2 Å². The predicted molar refractivity (Wildman–Crippen MR) is 261 cm³/mol. The van der Waals surface area contributed by atoms with Crippen LogP contribution < -0.4 is 0 Å². The van der Waals surface area contributed by atoms with Gasteiger partial charge in [0.15, 0.2) is 6.10 Å². The van der Waals surface area contributed by atoms with E-state index in [0.717, 1.165) is 70.6 Å². The molecule has 0 heterocycles. The molecular weight excluding hydrogens is 757 g/mol. The Morgan fingerprint density at radius 3 is 0.869 bits per heavy atom. The van der Waals surface area contributed by atoms with E-state index < -0.39 is 6.10 Å². The highest BCUT2D eigenvalue weighted by atomic mass is 16.6. The Hall–Kier alpha value is -2.11. The molecular formula is C55H102O6. The van der Waals surface area contributed by atoms with E-state index >= 15 is 0 Å². The normalized spacial score (nSPS) is 12.1. The molecule has 0 bridgehead atoms. The van der Waals surface area contributed by atoms with Gasteiger partial charge in [-0.2, -0.15) is 0 Å². The minimum atomic E-state index is -0.767. The van der Waals surface area contributed by atoms with Gasteiger partial charge in [0.05, 0.1) is 0 Å². The summed E-state index contributed by atoms with van der Waals surface area (Å²) in [4.78, 5) is 37.6. The van der Waals surface area contributed by atoms with Crippen LogP contribution in [0.25, 0.3) is 0 Å². The minimum absolute atomic E-state index is 0.0720. The fourth-order valence-corrected chi connectivity index (χ4v) is 7.83. The molecule has 0 spiro atoms. The highest BCUT2D eigenvalue weighted by Crippen LogP contribution is 2.16. The maximum atomic E-state index is 12.7. The third kappa shape index (κ3) is 48.8. The number of carbonyl (C=O) groups excluding carboxylic acids is 3. The zero-order chi connectivity index (χ0) is 44.4. The molecule has 0 radical (unpaired) electrons. The summed E-state index contributed by atoms with van der Waals surface area (Å²) in [5.74, 6) is -0.886. The number of rotatable bonds is 49. The van der Waals surface area contributed by atoms with Gasteiger partial charge in [0.2, 0.25) is 0 Å². The molecule has 0 N–H and O–H groups in total. The SMILES string of the molecule is CCCC/C=C\CCCCCCCC(=O)OC(COC(=O)CCCCCCC)COC(=O)CCCCCCCCCCCCCCCCC/C=C\CCCCCCCCCC. The molecule has 61 heavy (non-hydrogen) atoms. The van der Waals surface area contributed by atoms with Crippen molar-refractivity contribution < 1.29 is 28.6 Å². The van der Waals surface area contributed by atoms with E-state index in [4.69, 9.17) is 14.2 Å². The van der Waals surface area contributed by atoms with E-state index in [1.165, 1.54) is 180 Å². The Bertz CT molecular complexity index is 989. The Morgan fingerprint density at radius 2 is 0.557 bits per heavy atom. The van der Waals surface area contributed by atoms with Gasteiger partial charge in [0.25, 0.3) is 0 Å². The molecule has 1 unspecified atom stereocenters. The van der Waals surface area contributed by atoms with Gasteiger partial charge in [0, 0.05) is 19.3 Å². The molecule has 6 nitrogen and oxygen atoms in total. The minimum Gasteiger partial charge on any atom is -0.462 e. The number of ether oxygens (including phenoxy) is 3. The third-order valence-corrected chi connectivity index (χ3v) is 11.9. The first kappa shape index (κ1) is 58.9. The summed E-state index contributed by atoms with van der Waals surface area (Å²) in [6.07, 6.45) is 58.0. The highest BCUT2D eigenvalue weighted by Gasteiger charge is 2.19. The van der Waals surface area contributed by atoms with Crippen molar-refractivity contribution in [3.05, 3.63) is 24.3 Å². The average Bonchev–Trinajstić information content (AvgIpc) is 3.26. The van der Waals surface area contributed by atoms with Crippen LogP contribution in [0, 0.1) is 0 Å². The predicted octanol–water partition coefficient (Wildman–Crippen LogP) is 17.5. The van der Waals surface area contributed by atoms with Crippen LogP contribution in [0.1, 0.15) is 290 Å². The van der Waals surface area contributed by atoms with Crippen LogP contribution in [0.3, 0.4) is 0 Å². The van der Waals surface area contributed by atoms with Crippen molar-refractivity contribution in [1.29, 1.82) is 0 Å². The van der Waals surface area contributed by atoms with Crippen LogP contribution in [0.15, 0.2) is 24.3 Å². The van der Waals surface area contributed by atoms with Gasteiger partial charge in [-0.15, -0.1) is 0 Å². The van der Waals surface area contributed by atoms with Gasteiger partial charge < -0.3 is 14.2 Å². The Balaban J connectivity index is 3.94. The molecule has 0 amide bonds. The molecule has 0 aromatic rings. The lowest BCUT2D eigenvalue weighted by atomic mass is 10.0. The summed E-state index contributed by atoms with van der Waals surface area (Å²) in [7, 11) is 0. The van der Waals surface area contributed by atoms with Crippen LogP contribution in [0.5, 0.6) is 0 Å². The van der Waals surface area contributed by atoms with Gasteiger partial charge in [-0.3, -0.25) is 14.4 Å². The highest BCUT2D eigenvalue weighted by molar-refractivity contribution is 5.71. The number of esters is 3. The molecule has 0 fully saturated rings. The van der Waals surface area contributed by atoms with E-state index in [1.54, 1.807) is 0 Å². The number of carbonyl (C=O) groups is 3. The van der Waals surface area contributed by atoms with E-state index in [2.05, 4.69) is 45.1 Å². The van der Waals surface area contributed by atoms with Crippen molar-refractivity contribution in [3.8, 4) is 0 Å². The first-order valence-corrected chi connectivity index (χ1v) is 26.8. The summed E-state index contributed by atoms with van der Waals surface area (Å²) < 4.78 is 16.6. The number of allylic oxidation sites excluding steroid dienone is 4. The number of unbranched alkanes of at least 4 members (excludes halogenated alkanes) is 34. The smallest absolute Gasteiger partial charge is 0.306 e. The molecule has 0 aliphatic heterocycles. The van der Waals surface area contributed by atoms with Crippen molar-refractivity contribution in [3.63, 3.8) is 0 Å². The Labute approximate surface area is 379 Å². The second-order valence-corrected chi connectivity index (χ2v) is 18.1. The van der Waals surface area contributed by atoms with Crippen LogP contribution >= 0.6 is 0 Å². The van der Waals surface area contributed by atoms with Gasteiger partial charge in [0.1, 0.15) is 13.2 Å². The van der Waals surface area contributed by atoms with E-state index in [0.29, 0.717) is 19.3 Å². The molecule has 0 saturated carbocycles. The summed E-state index contributed by atoms with van der Waals surface area (Å²) >= 11 is 0. The Kier molecular flexibility index (Phi) is 48.8. The van der Waals surface area contributed by atoms with Gasteiger partial charge in [-0.25, -0.2) is 0 Å². The largest absolute Gasteiger partial charge is 0.462 e. The third-order valence-electron chi connectivity index (χ3n) is 11.9. The van der Waals surface area contributed by atoms with Gasteiger partial charge in [-0.1, -0.05) is 231 Å². The molecule has 0 aromatic carbocycles. The average molecular weight is 859 g/mol. The fraction of sp³-hybridized carbons (Fsp3) is 0.873. The summed E-state index contributed by atoms with van der Waals surface area (Å²) in [5, 5.41) is 0. The van der Waals surface area contributed by atoms with E-state index in [-0.39, 0.29) is 31.1 Å².